The molecule has 25 heavy (non-hydrogen) atoms. The predicted molar refractivity (Wildman–Crippen MR) is 98.3 cm³/mol. The fourth-order valence-electron chi connectivity index (χ4n) is 3.36. The number of rotatable bonds is 7. The van der Waals surface area contributed by atoms with E-state index >= 15 is 0 Å². The topological polar surface area (TPSA) is 58.6 Å². The highest BCUT2D eigenvalue weighted by atomic mass is 16.5. The fourth-order valence-corrected chi connectivity index (χ4v) is 3.36. The Morgan fingerprint density at radius 2 is 1.80 bits per heavy atom. The van der Waals surface area contributed by atoms with Gasteiger partial charge in [-0.1, -0.05) is 44.2 Å². The van der Waals surface area contributed by atoms with Gasteiger partial charge in [0.25, 0.3) is 0 Å². The molecule has 0 aliphatic carbocycles. The molecule has 0 unspecified atom stereocenters. The summed E-state index contributed by atoms with van der Waals surface area (Å²) in [4.78, 5) is 26.0. The van der Waals surface area contributed by atoms with E-state index in [1.807, 2.05) is 25.1 Å². The Kier molecular flexibility index (Phi) is 7.00. The van der Waals surface area contributed by atoms with Crippen LogP contribution < -0.4 is 5.32 Å². The van der Waals surface area contributed by atoms with Crippen LogP contribution in [0.15, 0.2) is 30.3 Å². The van der Waals surface area contributed by atoms with Crippen LogP contribution in [0.5, 0.6) is 0 Å². The van der Waals surface area contributed by atoms with E-state index < -0.39 is 0 Å². The predicted octanol–water partition coefficient (Wildman–Crippen LogP) is 2.50. The van der Waals surface area contributed by atoms with Crippen molar-refractivity contribution in [1.82, 2.24) is 10.2 Å². The lowest BCUT2D eigenvalue weighted by atomic mass is 9.79. The number of ether oxygens (including phenoxy) is 1. The third-order valence-electron chi connectivity index (χ3n) is 4.71. The summed E-state index contributed by atoms with van der Waals surface area (Å²) in [7, 11) is 0. The highest BCUT2D eigenvalue weighted by molar-refractivity contribution is 5.83. The van der Waals surface area contributed by atoms with Crippen molar-refractivity contribution in [3.63, 3.8) is 0 Å². The van der Waals surface area contributed by atoms with Crippen molar-refractivity contribution in [3.05, 3.63) is 35.9 Å². The molecule has 2 amide bonds. The van der Waals surface area contributed by atoms with Gasteiger partial charge in [0.15, 0.2) is 0 Å². The third kappa shape index (κ3) is 6.16. The molecule has 1 fully saturated rings. The number of amides is 2. The smallest absolute Gasteiger partial charge is 0.223 e. The molecular formula is C20H30N2O3. The van der Waals surface area contributed by atoms with Gasteiger partial charge in [0.05, 0.1) is 13.2 Å². The number of nitrogens with zero attached hydrogens (tertiary/aromatic N) is 1. The van der Waals surface area contributed by atoms with E-state index in [1.54, 1.807) is 4.90 Å². The number of hydrogen-bond acceptors (Lipinski definition) is 3. The lowest BCUT2D eigenvalue weighted by Gasteiger charge is -2.29. The first-order chi connectivity index (χ1) is 11.9. The van der Waals surface area contributed by atoms with Crippen LogP contribution in [0.25, 0.3) is 0 Å². The van der Waals surface area contributed by atoms with Gasteiger partial charge in [0.2, 0.25) is 11.8 Å². The maximum Gasteiger partial charge on any atom is 0.223 e. The van der Waals surface area contributed by atoms with E-state index in [0.29, 0.717) is 26.3 Å². The zero-order valence-electron chi connectivity index (χ0n) is 15.6. The Hall–Kier alpha value is -1.88. The van der Waals surface area contributed by atoms with Crippen molar-refractivity contribution in [2.75, 3.05) is 26.3 Å². The molecule has 1 aliphatic rings. The minimum atomic E-state index is -0.0574. The number of nitrogens with one attached hydrogen (secondary N) is 1. The second kappa shape index (κ2) is 8.99. The van der Waals surface area contributed by atoms with Crippen LogP contribution in [0.2, 0.25) is 0 Å². The van der Waals surface area contributed by atoms with Gasteiger partial charge < -0.3 is 15.0 Å². The molecule has 0 spiro atoms. The molecule has 1 aromatic carbocycles. The van der Waals surface area contributed by atoms with Crippen LogP contribution in [0.3, 0.4) is 0 Å². The summed E-state index contributed by atoms with van der Waals surface area (Å²) in [5, 5.41) is 3.03. The van der Waals surface area contributed by atoms with Crippen LogP contribution in [0.4, 0.5) is 0 Å². The van der Waals surface area contributed by atoms with E-state index in [1.165, 1.54) is 5.56 Å². The van der Waals surface area contributed by atoms with Gasteiger partial charge in [0.1, 0.15) is 0 Å². The van der Waals surface area contributed by atoms with Crippen LogP contribution in [-0.2, 0) is 19.7 Å². The molecule has 0 aromatic heterocycles. The Morgan fingerprint density at radius 3 is 2.44 bits per heavy atom. The van der Waals surface area contributed by atoms with Gasteiger partial charge in [-0.2, -0.15) is 0 Å². The van der Waals surface area contributed by atoms with Crippen molar-refractivity contribution in [3.8, 4) is 0 Å². The van der Waals surface area contributed by atoms with Gasteiger partial charge in [-0.3, -0.25) is 9.59 Å². The number of morpholine rings is 1. The molecule has 1 saturated heterocycles. The van der Waals surface area contributed by atoms with E-state index in [2.05, 4.69) is 31.3 Å². The summed E-state index contributed by atoms with van der Waals surface area (Å²) in [6.07, 6.45) is 1.35. The lowest BCUT2D eigenvalue weighted by molar-refractivity contribution is -0.137. The van der Waals surface area contributed by atoms with Gasteiger partial charge >= 0.3 is 0 Å². The lowest BCUT2D eigenvalue weighted by Crippen LogP contribution is -2.41. The molecule has 1 atom stereocenters. The monoisotopic (exact) mass is 346 g/mol. The van der Waals surface area contributed by atoms with Gasteiger partial charge in [-0.15, -0.1) is 0 Å². The standard InChI is InChI=1S/C20H30N2O3/c1-16(15-20(2,3)17-7-5-4-6-8-17)21-18(23)9-10-19(24)22-11-13-25-14-12-22/h4-8,16H,9-15H2,1-3H3,(H,21,23)/t16-/m1/s1. The largest absolute Gasteiger partial charge is 0.378 e. The molecule has 1 N–H and O–H groups in total. The molecule has 1 aliphatic heterocycles. The van der Waals surface area contributed by atoms with Gasteiger partial charge in [-0.05, 0) is 24.3 Å². The number of benzene rings is 1. The Labute approximate surface area is 150 Å². The maximum absolute atomic E-state index is 12.2. The summed E-state index contributed by atoms with van der Waals surface area (Å²) >= 11 is 0. The van der Waals surface area contributed by atoms with E-state index in [4.69, 9.17) is 4.74 Å². The average Bonchev–Trinajstić information content (AvgIpc) is 2.60. The zero-order valence-corrected chi connectivity index (χ0v) is 15.6. The van der Waals surface area contributed by atoms with Crippen molar-refractivity contribution in [2.24, 2.45) is 0 Å². The van der Waals surface area contributed by atoms with Crippen molar-refractivity contribution in [1.29, 1.82) is 0 Å². The normalized spacial score (nSPS) is 16.4. The Morgan fingerprint density at radius 1 is 1.16 bits per heavy atom. The minimum absolute atomic E-state index is 0.0163. The van der Waals surface area contributed by atoms with Crippen LogP contribution in [0, 0.1) is 0 Å². The summed E-state index contributed by atoms with van der Waals surface area (Å²) < 4.78 is 5.24. The SMILES string of the molecule is C[C@H](CC(C)(C)c1ccccc1)NC(=O)CCC(=O)N1CCOCC1. The van der Waals surface area contributed by atoms with Gasteiger partial charge in [0, 0.05) is 32.0 Å². The molecule has 5 nitrogen and oxygen atoms in total. The highest BCUT2D eigenvalue weighted by Gasteiger charge is 2.24. The van der Waals surface area contributed by atoms with E-state index in [9.17, 15) is 9.59 Å². The molecule has 0 saturated carbocycles. The first kappa shape index (κ1) is 19.4. The Bertz CT molecular complexity index is 566. The quantitative estimate of drug-likeness (QED) is 0.825. The molecule has 0 radical (unpaired) electrons. The average molecular weight is 346 g/mol. The second-order valence-corrected chi connectivity index (χ2v) is 7.42. The maximum atomic E-state index is 12.2. The van der Waals surface area contributed by atoms with Crippen molar-refractivity contribution < 1.29 is 14.3 Å². The van der Waals surface area contributed by atoms with E-state index in [0.717, 1.165) is 6.42 Å². The molecule has 138 valence electrons. The van der Waals surface area contributed by atoms with Crippen molar-refractivity contribution >= 4 is 11.8 Å². The zero-order chi connectivity index (χ0) is 18.3. The minimum Gasteiger partial charge on any atom is -0.378 e. The second-order valence-electron chi connectivity index (χ2n) is 7.42. The van der Waals surface area contributed by atoms with Crippen molar-refractivity contribution in [2.45, 2.75) is 51.5 Å². The van der Waals surface area contributed by atoms with Crippen LogP contribution in [0.1, 0.15) is 45.6 Å². The molecule has 2 rings (SSSR count). The number of carbonyl (C=O) groups is 2. The van der Waals surface area contributed by atoms with Crippen LogP contribution in [-0.4, -0.2) is 49.1 Å². The molecule has 1 aromatic rings. The molecular weight excluding hydrogens is 316 g/mol. The molecule has 5 heteroatoms. The summed E-state index contributed by atoms with van der Waals surface area (Å²) in [5.41, 5.74) is 1.25. The Balaban J connectivity index is 1.75. The van der Waals surface area contributed by atoms with E-state index in [-0.39, 0.29) is 36.1 Å². The summed E-state index contributed by atoms with van der Waals surface area (Å²) in [6, 6.07) is 10.4. The number of hydrogen-bond donors (Lipinski definition) is 1. The van der Waals surface area contributed by atoms with Crippen LogP contribution >= 0.6 is 0 Å². The molecule has 1 heterocycles. The van der Waals surface area contributed by atoms with Gasteiger partial charge in [-0.25, -0.2) is 0 Å². The summed E-state index contributed by atoms with van der Waals surface area (Å²) in [6.45, 7) is 8.82. The molecule has 0 bridgehead atoms. The fraction of sp³-hybridized carbons (Fsp3) is 0.600. The third-order valence-corrected chi connectivity index (χ3v) is 4.71. The first-order valence-electron chi connectivity index (χ1n) is 9.09. The number of carbonyl (C=O) groups excluding carboxylic acids is 2. The first-order valence-corrected chi connectivity index (χ1v) is 9.09. The summed E-state index contributed by atoms with van der Waals surface area (Å²) in [5.74, 6) is -0.0197. The highest BCUT2D eigenvalue weighted by Crippen LogP contribution is 2.28.